The minimum atomic E-state index is -0.886. The van der Waals surface area contributed by atoms with Gasteiger partial charge < -0.3 is 10.3 Å². The summed E-state index contributed by atoms with van der Waals surface area (Å²) >= 11 is 6.41. The Hall–Kier alpha value is -2.43. The molecule has 1 aromatic heterocycles. The Bertz CT molecular complexity index is 876. The van der Waals surface area contributed by atoms with Gasteiger partial charge in [-0.2, -0.15) is 5.26 Å². The standard InChI is InChI=1S/C22H26ClF2N5/c1-15-9-16(7-8-26)22(10-21(15)23)30(20-3-2-4-20)14-18-6-5-17(13-27-18)28-29-19(11-24)12-25/h5-6,9-10,13,19-20,28-29H,2-4,7,11-12,14H2,1H3. The molecule has 5 nitrogen and oxygen atoms in total. The number of pyridine rings is 1. The van der Waals surface area contributed by atoms with E-state index in [0.29, 0.717) is 29.7 Å². The van der Waals surface area contributed by atoms with Gasteiger partial charge >= 0.3 is 0 Å². The van der Waals surface area contributed by atoms with E-state index in [4.69, 9.17) is 11.6 Å². The molecular weight excluding hydrogens is 408 g/mol. The summed E-state index contributed by atoms with van der Waals surface area (Å²) in [5, 5.41) is 9.95. The summed E-state index contributed by atoms with van der Waals surface area (Å²) in [5.41, 5.74) is 9.78. The lowest BCUT2D eigenvalue weighted by atomic mass is 9.90. The summed E-state index contributed by atoms with van der Waals surface area (Å²) in [6.45, 7) is 0.942. The van der Waals surface area contributed by atoms with Crippen molar-refractivity contribution in [3.63, 3.8) is 0 Å². The van der Waals surface area contributed by atoms with Gasteiger partial charge in [0.05, 0.1) is 42.7 Å². The molecule has 3 rings (SSSR count). The smallest absolute Gasteiger partial charge is 0.109 e. The van der Waals surface area contributed by atoms with Crippen molar-refractivity contribution in [2.75, 3.05) is 23.7 Å². The van der Waals surface area contributed by atoms with Crippen molar-refractivity contribution in [2.45, 2.75) is 51.2 Å². The van der Waals surface area contributed by atoms with E-state index in [9.17, 15) is 14.0 Å². The average molecular weight is 434 g/mol. The molecule has 30 heavy (non-hydrogen) atoms. The summed E-state index contributed by atoms with van der Waals surface area (Å²) in [7, 11) is 0. The zero-order valence-corrected chi connectivity index (χ0v) is 17.7. The molecule has 0 saturated heterocycles. The van der Waals surface area contributed by atoms with Crippen molar-refractivity contribution in [3.8, 4) is 6.07 Å². The van der Waals surface area contributed by atoms with E-state index in [1.54, 1.807) is 6.20 Å². The number of aryl methyl sites for hydroxylation is 1. The maximum Gasteiger partial charge on any atom is 0.109 e. The molecule has 1 aliphatic carbocycles. The van der Waals surface area contributed by atoms with Crippen LogP contribution in [0, 0.1) is 18.3 Å². The van der Waals surface area contributed by atoms with Gasteiger partial charge in [0.25, 0.3) is 0 Å². The second-order valence-electron chi connectivity index (χ2n) is 7.59. The van der Waals surface area contributed by atoms with Crippen LogP contribution in [0.2, 0.25) is 5.02 Å². The van der Waals surface area contributed by atoms with Crippen LogP contribution in [0.5, 0.6) is 0 Å². The van der Waals surface area contributed by atoms with Gasteiger partial charge in [0, 0.05) is 16.8 Å². The normalized spacial score (nSPS) is 13.7. The molecule has 0 bridgehead atoms. The van der Waals surface area contributed by atoms with Crippen molar-refractivity contribution in [1.29, 1.82) is 5.26 Å². The van der Waals surface area contributed by atoms with E-state index >= 15 is 0 Å². The van der Waals surface area contributed by atoms with Crippen molar-refractivity contribution < 1.29 is 8.78 Å². The van der Waals surface area contributed by atoms with Crippen molar-refractivity contribution in [1.82, 2.24) is 10.4 Å². The Morgan fingerprint density at radius 1 is 1.30 bits per heavy atom. The quantitative estimate of drug-likeness (QED) is 0.522. The monoisotopic (exact) mass is 433 g/mol. The SMILES string of the molecule is Cc1cc(CC#N)c(N(Cc2ccc(NNC(CF)CF)cn2)C2CCC2)cc1Cl. The van der Waals surface area contributed by atoms with E-state index in [1.165, 1.54) is 6.42 Å². The topological polar surface area (TPSA) is 64.0 Å². The largest absolute Gasteiger partial charge is 0.362 e. The third-order valence-electron chi connectivity index (χ3n) is 5.40. The van der Waals surface area contributed by atoms with E-state index in [0.717, 1.165) is 35.3 Å². The molecule has 0 amide bonds. The van der Waals surface area contributed by atoms with E-state index in [1.807, 2.05) is 31.2 Å². The number of alkyl halides is 2. The highest BCUT2D eigenvalue weighted by Gasteiger charge is 2.27. The Kier molecular flexibility index (Phi) is 7.83. The maximum absolute atomic E-state index is 12.6. The second-order valence-corrected chi connectivity index (χ2v) is 8.00. The predicted octanol–water partition coefficient (Wildman–Crippen LogP) is 4.89. The molecular formula is C22H26ClF2N5. The fourth-order valence-corrected chi connectivity index (χ4v) is 3.56. The number of hydrazine groups is 1. The number of rotatable bonds is 10. The molecule has 1 saturated carbocycles. The van der Waals surface area contributed by atoms with Crippen LogP contribution >= 0.6 is 11.6 Å². The molecule has 0 atom stereocenters. The number of aromatic nitrogens is 1. The van der Waals surface area contributed by atoms with Crippen molar-refractivity contribution >= 4 is 23.0 Å². The molecule has 1 heterocycles. The van der Waals surface area contributed by atoms with Gasteiger partial charge in [-0.25, -0.2) is 14.2 Å². The molecule has 1 aromatic carbocycles. The first kappa shape index (κ1) is 22.3. The molecule has 1 aliphatic rings. The lowest BCUT2D eigenvalue weighted by Crippen LogP contribution is -2.40. The fourth-order valence-electron chi connectivity index (χ4n) is 3.40. The van der Waals surface area contributed by atoms with Crippen LogP contribution in [-0.4, -0.2) is 30.4 Å². The van der Waals surface area contributed by atoms with Gasteiger partial charge in [0.15, 0.2) is 0 Å². The van der Waals surface area contributed by atoms with E-state index in [2.05, 4.69) is 26.8 Å². The van der Waals surface area contributed by atoms with Gasteiger partial charge in [-0.3, -0.25) is 4.98 Å². The third kappa shape index (κ3) is 5.38. The highest BCUT2D eigenvalue weighted by atomic mass is 35.5. The summed E-state index contributed by atoms with van der Waals surface area (Å²) in [4.78, 5) is 6.79. The highest BCUT2D eigenvalue weighted by molar-refractivity contribution is 6.31. The first-order valence-corrected chi connectivity index (χ1v) is 10.4. The van der Waals surface area contributed by atoms with Crippen LogP contribution in [0.15, 0.2) is 30.5 Å². The van der Waals surface area contributed by atoms with Gasteiger partial charge in [-0.05, 0) is 55.5 Å². The lowest BCUT2D eigenvalue weighted by molar-refractivity contribution is 0.320. The number of benzene rings is 1. The summed E-state index contributed by atoms with van der Waals surface area (Å²) in [5.74, 6) is 0. The van der Waals surface area contributed by atoms with E-state index in [-0.39, 0.29) is 0 Å². The van der Waals surface area contributed by atoms with Crippen LogP contribution < -0.4 is 15.8 Å². The number of halogens is 3. The van der Waals surface area contributed by atoms with Gasteiger partial charge in [0.2, 0.25) is 0 Å². The van der Waals surface area contributed by atoms with Gasteiger partial charge in [-0.15, -0.1) is 0 Å². The Labute approximate surface area is 181 Å². The first-order chi connectivity index (χ1) is 14.5. The third-order valence-corrected chi connectivity index (χ3v) is 5.81. The molecule has 1 fully saturated rings. The molecule has 0 spiro atoms. The molecule has 0 radical (unpaired) electrons. The van der Waals surface area contributed by atoms with Crippen LogP contribution in [0.3, 0.4) is 0 Å². The second kappa shape index (κ2) is 10.6. The zero-order valence-electron chi connectivity index (χ0n) is 17.0. The van der Waals surface area contributed by atoms with E-state index < -0.39 is 19.4 Å². The number of nitrogens with one attached hydrogen (secondary N) is 2. The molecule has 8 heteroatoms. The zero-order chi connectivity index (χ0) is 21.5. The van der Waals surface area contributed by atoms with Crippen LogP contribution in [-0.2, 0) is 13.0 Å². The van der Waals surface area contributed by atoms with Crippen LogP contribution in [0.4, 0.5) is 20.2 Å². The molecule has 2 N–H and O–H groups in total. The number of hydrogen-bond donors (Lipinski definition) is 2. The number of nitrogens with zero attached hydrogens (tertiary/aromatic N) is 3. The molecule has 160 valence electrons. The summed E-state index contributed by atoms with van der Waals surface area (Å²) in [6, 6.07) is 9.40. The molecule has 0 aliphatic heterocycles. The highest BCUT2D eigenvalue weighted by Crippen LogP contribution is 2.36. The fraction of sp³-hybridized carbons (Fsp3) is 0.455. The number of hydrogen-bond acceptors (Lipinski definition) is 5. The Morgan fingerprint density at radius 2 is 2.07 bits per heavy atom. The number of nitriles is 1. The number of anilines is 2. The van der Waals surface area contributed by atoms with Gasteiger partial charge in [-0.1, -0.05) is 17.7 Å². The maximum atomic E-state index is 12.6. The summed E-state index contributed by atoms with van der Waals surface area (Å²) in [6.07, 6.45) is 5.32. The van der Waals surface area contributed by atoms with Crippen molar-refractivity contribution in [3.05, 3.63) is 52.3 Å². The Balaban J connectivity index is 1.78. The molecule has 2 aromatic rings. The Morgan fingerprint density at radius 3 is 2.63 bits per heavy atom. The van der Waals surface area contributed by atoms with Gasteiger partial charge in [0.1, 0.15) is 13.3 Å². The average Bonchev–Trinajstić information content (AvgIpc) is 2.71. The predicted molar refractivity (Wildman–Crippen MR) is 116 cm³/mol. The first-order valence-electron chi connectivity index (χ1n) is 10.1. The van der Waals surface area contributed by atoms with Crippen LogP contribution in [0.1, 0.15) is 36.1 Å². The minimum absolute atomic E-state index is 0.322. The summed E-state index contributed by atoms with van der Waals surface area (Å²) < 4.78 is 25.2. The minimum Gasteiger partial charge on any atom is -0.362 e. The molecule has 0 unspecified atom stereocenters. The lowest BCUT2D eigenvalue weighted by Gasteiger charge is -2.40. The van der Waals surface area contributed by atoms with Crippen LogP contribution in [0.25, 0.3) is 0 Å². The van der Waals surface area contributed by atoms with Crippen molar-refractivity contribution in [2.24, 2.45) is 0 Å².